The first kappa shape index (κ1) is 22.9. The predicted molar refractivity (Wildman–Crippen MR) is 111 cm³/mol. The summed E-state index contributed by atoms with van der Waals surface area (Å²) in [5.74, 6) is -0.432. The molecule has 0 bridgehead atoms. The number of benzene rings is 1. The van der Waals surface area contributed by atoms with Gasteiger partial charge in [-0.1, -0.05) is 40.9 Å². The molecule has 0 spiro atoms. The van der Waals surface area contributed by atoms with E-state index in [1.807, 2.05) is 0 Å². The Morgan fingerprint density at radius 1 is 1.23 bits per heavy atom. The molecule has 0 aliphatic rings. The van der Waals surface area contributed by atoms with E-state index in [-0.39, 0.29) is 11.5 Å². The topological polar surface area (TPSA) is 64.7 Å². The second kappa shape index (κ2) is 8.78. The molecule has 2 heterocycles. The minimum absolute atomic E-state index is 0.0288. The van der Waals surface area contributed by atoms with Crippen molar-refractivity contribution in [1.29, 1.82) is 0 Å². The van der Waals surface area contributed by atoms with Crippen LogP contribution in [0.2, 0.25) is 15.1 Å². The fourth-order valence-corrected chi connectivity index (χ4v) is 3.68. The van der Waals surface area contributed by atoms with Gasteiger partial charge in [-0.15, -0.1) is 0 Å². The summed E-state index contributed by atoms with van der Waals surface area (Å²) in [6.07, 6.45) is -3.09. The van der Waals surface area contributed by atoms with Gasteiger partial charge in [0.25, 0.3) is 0 Å². The number of alkyl halides is 3. The van der Waals surface area contributed by atoms with E-state index >= 15 is 0 Å². The van der Waals surface area contributed by atoms with Gasteiger partial charge >= 0.3 is 6.18 Å². The number of carbonyl (C=O) groups excluding carboxylic acids is 1. The smallest absolute Gasteiger partial charge is 0.307 e. The molecule has 3 rings (SSSR count). The first-order valence-electron chi connectivity index (χ1n) is 8.22. The van der Waals surface area contributed by atoms with Crippen molar-refractivity contribution in [3.8, 4) is 0 Å². The summed E-state index contributed by atoms with van der Waals surface area (Å²) in [5, 5.41) is 10.6. The summed E-state index contributed by atoms with van der Waals surface area (Å²) in [6, 6.07) is 5.05. The van der Waals surface area contributed by atoms with E-state index in [1.54, 1.807) is 24.4 Å². The third-order valence-corrected chi connectivity index (χ3v) is 5.64. The van der Waals surface area contributed by atoms with Crippen LogP contribution in [0.4, 0.5) is 19.0 Å². The Balaban J connectivity index is 1.72. The van der Waals surface area contributed by atoms with E-state index in [0.29, 0.717) is 21.1 Å². The zero-order valence-corrected chi connectivity index (χ0v) is 18.9. The highest BCUT2D eigenvalue weighted by Gasteiger charge is 2.38. The maximum Gasteiger partial charge on any atom is 0.436 e. The average Bonchev–Trinajstić information content (AvgIpc) is 3.11. The van der Waals surface area contributed by atoms with E-state index in [0.717, 1.165) is 10.2 Å². The van der Waals surface area contributed by atoms with Crippen LogP contribution in [0, 0.1) is 6.92 Å². The summed E-state index contributed by atoms with van der Waals surface area (Å²) in [7, 11) is 0. The number of amides is 1. The van der Waals surface area contributed by atoms with Crippen molar-refractivity contribution in [2.45, 2.75) is 26.2 Å². The Bertz CT molecular complexity index is 1110. The standard InChI is InChI=1S/C17H12BrCl3F3N5O/c1-8-14(21)15(17(22,23)24)26-29(8)7-13(30)25-16-11(18)6-28(27-16)5-9-2-3-10(19)4-12(9)20/h2-4,6H,5,7H2,1H3,(H,25,27,30). The molecule has 6 nitrogen and oxygen atoms in total. The molecule has 3 aromatic rings. The van der Waals surface area contributed by atoms with E-state index in [4.69, 9.17) is 34.8 Å². The van der Waals surface area contributed by atoms with Crippen LogP contribution < -0.4 is 5.32 Å². The number of aromatic nitrogens is 4. The number of anilines is 1. The predicted octanol–water partition coefficient (Wildman–Crippen LogP) is 5.82. The fourth-order valence-electron chi connectivity index (χ4n) is 2.55. The molecule has 0 atom stereocenters. The molecule has 1 N–H and O–H groups in total. The molecular weight excluding hydrogens is 533 g/mol. The Kier molecular flexibility index (Phi) is 6.71. The van der Waals surface area contributed by atoms with Crippen molar-refractivity contribution in [3.05, 3.63) is 60.9 Å². The van der Waals surface area contributed by atoms with Crippen molar-refractivity contribution < 1.29 is 18.0 Å². The summed E-state index contributed by atoms with van der Waals surface area (Å²) in [6.45, 7) is 1.19. The Morgan fingerprint density at radius 2 is 1.93 bits per heavy atom. The molecule has 1 aromatic carbocycles. The SMILES string of the molecule is Cc1c(Cl)c(C(F)(F)F)nn1CC(=O)Nc1nn(Cc2ccc(Cl)cc2Cl)cc1Br. The highest BCUT2D eigenvalue weighted by molar-refractivity contribution is 9.10. The molecule has 13 heteroatoms. The zero-order valence-electron chi connectivity index (χ0n) is 15.1. The number of nitrogens with zero attached hydrogens (tertiary/aromatic N) is 4. The molecule has 1 amide bonds. The summed E-state index contributed by atoms with van der Waals surface area (Å²) in [5.41, 5.74) is -0.448. The molecule has 0 aliphatic carbocycles. The molecule has 160 valence electrons. The molecule has 0 radical (unpaired) electrons. The third-order valence-electron chi connectivity index (χ3n) is 4.02. The van der Waals surface area contributed by atoms with Crippen LogP contribution in [0.15, 0.2) is 28.9 Å². The lowest BCUT2D eigenvalue weighted by Gasteiger charge is -2.06. The van der Waals surface area contributed by atoms with Crippen LogP contribution in [-0.4, -0.2) is 25.5 Å². The lowest BCUT2D eigenvalue weighted by molar-refractivity contribution is -0.141. The molecule has 2 aromatic heterocycles. The fraction of sp³-hybridized carbons (Fsp3) is 0.235. The number of carbonyl (C=O) groups is 1. The summed E-state index contributed by atoms with van der Waals surface area (Å²) in [4.78, 5) is 12.3. The van der Waals surface area contributed by atoms with Crippen LogP contribution >= 0.6 is 50.7 Å². The van der Waals surface area contributed by atoms with Gasteiger partial charge in [0.1, 0.15) is 6.54 Å². The first-order chi connectivity index (χ1) is 14.0. The van der Waals surface area contributed by atoms with Crippen LogP contribution in [0.5, 0.6) is 0 Å². The van der Waals surface area contributed by atoms with E-state index in [9.17, 15) is 18.0 Å². The monoisotopic (exact) mass is 543 g/mol. The maximum atomic E-state index is 12.9. The highest BCUT2D eigenvalue weighted by atomic mass is 79.9. The number of rotatable bonds is 5. The Labute approximate surface area is 192 Å². The van der Waals surface area contributed by atoms with E-state index < -0.39 is 29.3 Å². The Morgan fingerprint density at radius 3 is 2.53 bits per heavy atom. The number of hydrogen-bond donors (Lipinski definition) is 1. The molecule has 0 fully saturated rings. The van der Waals surface area contributed by atoms with Gasteiger partial charge in [0.05, 0.1) is 21.7 Å². The van der Waals surface area contributed by atoms with Gasteiger partial charge in [0.2, 0.25) is 5.91 Å². The lowest BCUT2D eigenvalue weighted by atomic mass is 10.2. The first-order valence-corrected chi connectivity index (χ1v) is 10.1. The second-order valence-corrected chi connectivity index (χ2v) is 8.29. The van der Waals surface area contributed by atoms with Gasteiger partial charge in [-0.3, -0.25) is 14.2 Å². The van der Waals surface area contributed by atoms with Gasteiger partial charge in [-0.2, -0.15) is 23.4 Å². The van der Waals surface area contributed by atoms with Crippen molar-refractivity contribution in [2.75, 3.05) is 5.32 Å². The minimum Gasteiger partial charge on any atom is -0.307 e. The zero-order chi connectivity index (χ0) is 22.2. The number of halogens is 7. The summed E-state index contributed by atoms with van der Waals surface area (Å²) >= 11 is 21.0. The van der Waals surface area contributed by atoms with E-state index in [1.165, 1.54) is 11.6 Å². The second-order valence-electron chi connectivity index (χ2n) is 6.21. The van der Waals surface area contributed by atoms with Crippen molar-refractivity contribution in [3.63, 3.8) is 0 Å². The highest BCUT2D eigenvalue weighted by Crippen LogP contribution is 2.35. The molecule has 0 saturated heterocycles. The molecule has 0 saturated carbocycles. The molecular formula is C17H12BrCl3F3N5O. The quantitative estimate of drug-likeness (QED) is 0.440. The minimum atomic E-state index is -4.71. The molecule has 0 unspecified atom stereocenters. The maximum absolute atomic E-state index is 12.9. The van der Waals surface area contributed by atoms with E-state index in [2.05, 4.69) is 31.4 Å². The van der Waals surface area contributed by atoms with Crippen molar-refractivity contribution in [2.24, 2.45) is 0 Å². The van der Waals surface area contributed by atoms with Crippen molar-refractivity contribution in [1.82, 2.24) is 19.6 Å². The normalized spacial score (nSPS) is 11.7. The van der Waals surface area contributed by atoms with Crippen LogP contribution in [0.3, 0.4) is 0 Å². The van der Waals surface area contributed by atoms with Crippen molar-refractivity contribution >= 4 is 62.5 Å². The average molecular weight is 546 g/mol. The van der Waals surface area contributed by atoms with Gasteiger partial charge in [-0.25, -0.2) is 0 Å². The van der Waals surface area contributed by atoms with Gasteiger partial charge < -0.3 is 5.32 Å². The molecule has 30 heavy (non-hydrogen) atoms. The van der Waals surface area contributed by atoms with Gasteiger partial charge in [0.15, 0.2) is 11.5 Å². The summed E-state index contributed by atoms with van der Waals surface area (Å²) < 4.78 is 41.6. The lowest BCUT2D eigenvalue weighted by Crippen LogP contribution is -2.21. The van der Waals surface area contributed by atoms with Gasteiger partial charge in [-0.05, 0) is 40.5 Å². The molecule has 0 aliphatic heterocycles. The Hall–Kier alpha value is -1.75. The number of hydrogen-bond acceptors (Lipinski definition) is 3. The van der Waals surface area contributed by atoms with Crippen LogP contribution in [0.1, 0.15) is 17.0 Å². The number of nitrogens with one attached hydrogen (secondary N) is 1. The van der Waals surface area contributed by atoms with Crippen LogP contribution in [-0.2, 0) is 24.1 Å². The van der Waals surface area contributed by atoms with Gasteiger partial charge in [0, 0.05) is 16.2 Å². The largest absolute Gasteiger partial charge is 0.436 e. The van der Waals surface area contributed by atoms with Crippen LogP contribution in [0.25, 0.3) is 0 Å². The third kappa shape index (κ3) is 5.11.